The lowest BCUT2D eigenvalue weighted by atomic mass is 10.1. The first-order chi connectivity index (χ1) is 15.4. The summed E-state index contributed by atoms with van der Waals surface area (Å²) in [4.78, 5) is 28.0. The van der Waals surface area contributed by atoms with Crippen molar-refractivity contribution in [2.45, 2.75) is 20.1 Å². The number of halogens is 2. The number of hydrogen-bond donors (Lipinski definition) is 1. The molecule has 7 nitrogen and oxygen atoms in total. The third-order valence-electron chi connectivity index (χ3n) is 4.33. The Kier molecular flexibility index (Phi) is 6.13. The van der Waals surface area contributed by atoms with Gasteiger partial charge in [-0.25, -0.2) is 4.98 Å². The van der Waals surface area contributed by atoms with Crippen LogP contribution in [0.5, 0.6) is 11.5 Å². The van der Waals surface area contributed by atoms with E-state index < -0.39 is 12.5 Å². The average molecular weight is 458 g/mol. The van der Waals surface area contributed by atoms with Crippen molar-refractivity contribution in [1.82, 2.24) is 4.98 Å². The molecule has 0 aliphatic heterocycles. The maximum Gasteiger partial charge on any atom is 0.387 e. The Morgan fingerprint density at radius 1 is 1.09 bits per heavy atom. The third-order valence-corrected chi connectivity index (χ3v) is 5.27. The van der Waals surface area contributed by atoms with Crippen molar-refractivity contribution < 1.29 is 32.3 Å². The predicted molar refractivity (Wildman–Crippen MR) is 114 cm³/mol. The first-order valence-electron chi connectivity index (χ1n) is 9.36. The number of carbonyl (C=O) groups is 2. The van der Waals surface area contributed by atoms with Gasteiger partial charge in [-0.3, -0.25) is 14.9 Å². The van der Waals surface area contributed by atoms with Gasteiger partial charge < -0.3 is 13.9 Å². The summed E-state index contributed by atoms with van der Waals surface area (Å²) in [6.45, 7) is -1.34. The fourth-order valence-corrected chi connectivity index (χ4v) is 3.70. The quantitative estimate of drug-likeness (QED) is 0.350. The summed E-state index contributed by atoms with van der Waals surface area (Å²) in [6, 6.07) is 14.2. The third kappa shape index (κ3) is 5.09. The molecule has 0 bridgehead atoms. The summed E-state index contributed by atoms with van der Waals surface area (Å²) in [5.74, 6) is 0.529. The van der Waals surface area contributed by atoms with E-state index in [4.69, 9.17) is 9.15 Å². The summed E-state index contributed by atoms with van der Waals surface area (Å²) in [6.07, 6.45) is 0. The minimum absolute atomic E-state index is 0.0145. The van der Waals surface area contributed by atoms with Gasteiger partial charge in [0, 0.05) is 5.56 Å². The van der Waals surface area contributed by atoms with Gasteiger partial charge in [-0.15, -0.1) is 0 Å². The number of furan rings is 1. The van der Waals surface area contributed by atoms with Gasteiger partial charge in [0.25, 0.3) is 5.91 Å². The van der Waals surface area contributed by atoms with Crippen molar-refractivity contribution in [1.29, 1.82) is 0 Å². The second-order valence-electron chi connectivity index (χ2n) is 6.62. The number of rotatable bonds is 8. The Bertz CT molecular complexity index is 1270. The zero-order valence-corrected chi connectivity index (χ0v) is 17.4. The number of anilines is 1. The molecular weight excluding hydrogens is 442 g/mol. The van der Waals surface area contributed by atoms with E-state index in [1.807, 2.05) is 0 Å². The van der Waals surface area contributed by atoms with Gasteiger partial charge in [0.2, 0.25) is 0 Å². The van der Waals surface area contributed by atoms with Crippen LogP contribution in [-0.4, -0.2) is 23.3 Å². The summed E-state index contributed by atoms with van der Waals surface area (Å²) in [5, 5.41) is 2.92. The molecule has 0 spiro atoms. The van der Waals surface area contributed by atoms with E-state index in [0.717, 1.165) is 11.3 Å². The van der Waals surface area contributed by atoms with Crippen LogP contribution in [-0.2, 0) is 6.61 Å². The van der Waals surface area contributed by atoms with E-state index in [1.54, 1.807) is 30.3 Å². The van der Waals surface area contributed by atoms with Crippen LogP contribution in [0.3, 0.4) is 0 Å². The van der Waals surface area contributed by atoms with Crippen molar-refractivity contribution in [2.24, 2.45) is 0 Å². The molecule has 0 atom stereocenters. The second kappa shape index (κ2) is 9.15. The Hall–Kier alpha value is -3.79. The minimum atomic E-state index is -2.92. The molecule has 1 amide bonds. The van der Waals surface area contributed by atoms with Gasteiger partial charge in [-0.05, 0) is 61.5 Å². The van der Waals surface area contributed by atoms with Crippen LogP contribution in [0.4, 0.5) is 13.9 Å². The number of nitrogens with zero attached hydrogens (tertiary/aromatic N) is 1. The molecule has 0 saturated heterocycles. The Morgan fingerprint density at radius 3 is 2.56 bits per heavy atom. The largest absolute Gasteiger partial charge is 0.486 e. The first-order valence-corrected chi connectivity index (χ1v) is 10.2. The molecule has 4 rings (SSSR count). The van der Waals surface area contributed by atoms with Crippen molar-refractivity contribution in [2.75, 3.05) is 5.32 Å². The van der Waals surface area contributed by atoms with E-state index in [1.165, 1.54) is 31.2 Å². The van der Waals surface area contributed by atoms with Gasteiger partial charge >= 0.3 is 6.61 Å². The zero-order valence-electron chi connectivity index (χ0n) is 16.6. The van der Waals surface area contributed by atoms with Crippen LogP contribution >= 0.6 is 11.3 Å². The number of hydrogen-bond acceptors (Lipinski definition) is 7. The fraction of sp³-hybridized carbons (Fsp3) is 0.136. The molecule has 1 N–H and O–H groups in total. The summed E-state index contributed by atoms with van der Waals surface area (Å²) >= 11 is 1.12. The number of alkyl halides is 2. The SMILES string of the molecule is CC(=O)c1ccc(OCc2ccc(C(=O)Nc3nc4ccc(OC(F)F)cc4s3)o2)cc1. The van der Waals surface area contributed by atoms with Gasteiger partial charge in [-0.2, -0.15) is 8.78 Å². The molecule has 10 heteroatoms. The van der Waals surface area contributed by atoms with Crippen LogP contribution in [0.2, 0.25) is 0 Å². The number of nitrogens with one attached hydrogen (secondary N) is 1. The number of fused-ring (bicyclic) bond motifs is 1. The Labute approximate surface area is 184 Å². The normalized spacial score (nSPS) is 11.0. The van der Waals surface area contributed by atoms with E-state index in [-0.39, 0.29) is 23.9 Å². The average Bonchev–Trinajstić information content (AvgIpc) is 3.38. The molecule has 0 aliphatic rings. The summed E-state index contributed by atoms with van der Waals surface area (Å²) < 4.78 is 40.8. The number of thiazole rings is 1. The first kappa shape index (κ1) is 21.4. The van der Waals surface area contributed by atoms with Crippen molar-refractivity contribution in [3.05, 3.63) is 71.7 Å². The van der Waals surface area contributed by atoms with E-state index in [9.17, 15) is 18.4 Å². The predicted octanol–water partition coefficient (Wildman–Crippen LogP) is 5.52. The van der Waals surface area contributed by atoms with Crippen molar-refractivity contribution in [3.8, 4) is 11.5 Å². The number of benzene rings is 2. The molecule has 0 aliphatic carbocycles. The van der Waals surface area contributed by atoms with Crippen molar-refractivity contribution >= 4 is 38.4 Å². The lowest BCUT2D eigenvalue weighted by Crippen LogP contribution is -2.10. The van der Waals surface area contributed by atoms with Gasteiger partial charge in [0.15, 0.2) is 16.7 Å². The van der Waals surface area contributed by atoms with Gasteiger partial charge in [0.05, 0.1) is 10.2 Å². The number of carbonyl (C=O) groups excluding carboxylic acids is 2. The zero-order chi connectivity index (χ0) is 22.7. The second-order valence-corrected chi connectivity index (χ2v) is 7.65. The number of ketones is 1. The molecule has 0 unspecified atom stereocenters. The smallest absolute Gasteiger partial charge is 0.387 e. The molecule has 0 radical (unpaired) electrons. The molecule has 164 valence electrons. The highest BCUT2D eigenvalue weighted by Crippen LogP contribution is 2.30. The van der Waals surface area contributed by atoms with Crippen LogP contribution in [0.15, 0.2) is 59.0 Å². The standard InChI is InChI=1S/C22H16F2N2O5S/c1-12(27)13-2-4-14(5-3-13)29-11-16-7-9-18(30-16)20(28)26-22-25-17-8-6-15(31-21(23)24)10-19(17)32-22/h2-10,21H,11H2,1H3,(H,25,26,28). The molecule has 2 aromatic carbocycles. The Balaban J connectivity index is 1.37. The van der Waals surface area contributed by atoms with Crippen molar-refractivity contribution in [3.63, 3.8) is 0 Å². The topological polar surface area (TPSA) is 90.7 Å². The number of aromatic nitrogens is 1. The monoisotopic (exact) mass is 458 g/mol. The number of ether oxygens (including phenoxy) is 2. The minimum Gasteiger partial charge on any atom is -0.486 e. The molecular formula is C22H16F2N2O5S. The van der Waals surface area contributed by atoms with Gasteiger partial charge in [-0.1, -0.05) is 11.3 Å². The van der Waals surface area contributed by atoms with Crippen LogP contribution in [0, 0.1) is 0 Å². The summed E-state index contributed by atoms with van der Waals surface area (Å²) in [7, 11) is 0. The highest BCUT2D eigenvalue weighted by molar-refractivity contribution is 7.22. The number of Topliss-reactive ketones (excluding diaryl/α,β-unsaturated/α-hetero) is 1. The molecule has 32 heavy (non-hydrogen) atoms. The molecule has 0 fully saturated rings. The maximum absolute atomic E-state index is 12.5. The molecule has 2 aromatic heterocycles. The lowest BCUT2D eigenvalue weighted by Gasteiger charge is -2.04. The van der Waals surface area contributed by atoms with Crippen LogP contribution < -0.4 is 14.8 Å². The Morgan fingerprint density at radius 2 is 1.84 bits per heavy atom. The highest BCUT2D eigenvalue weighted by atomic mass is 32.1. The van der Waals surface area contributed by atoms with Gasteiger partial charge in [0.1, 0.15) is 23.9 Å². The van der Waals surface area contributed by atoms with E-state index >= 15 is 0 Å². The molecule has 4 aromatic rings. The summed E-state index contributed by atoms with van der Waals surface area (Å²) in [5.41, 5.74) is 1.12. The highest BCUT2D eigenvalue weighted by Gasteiger charge is 2.15. The number of amides is 1. The van der Waals surface area contributed by atoms with E-state index in [0.29, 0.717) is 32.4 Å². The fourth-order valence-electron chi connectivity index (χ4n) is 2.81. The lowest BCUT2D eigenvalue weighted by molar-refractivity contribution is -0.0497. The van der Waals surface area contributed by atoms with E-state index in [2.05, 4.69) is 15.0 Å². The maximum atomic E-state index is 12.5. The molecule has 2 heterocycles. The molecule has 0 saturated carbocycles. The van der Waals surface area contributed by atoms with Crippen LogP contribution in [0.25, 0.3) is 10.2 Å². The van der Waals surface area contributed by atoms with Crippen LogP contribution in [0.1, 0.15) is 33.6 Å².